The van der Waals surface area contributed by atoms with Crippen molar-refractivity contribution in [3.05, 3.63) is 35.4 Å². The molecule has 94 valence electrons. The second-order valence-electron chi connectivity index (χ2n) is 4.12. The van der Waals surface area contributed by atoms with Crippen LogP contribution in [0.15, 0.2) is 24.3 Å². The van der Waals surface area contributed by atoms with Gasteiger partial charge < -0.3 is 0 Å². The topological polar surface area (TPSA) is 17.1 Å². The lowest BCUT2D eigenvalue weighted by molar-refractivity contribution is -0.137. The van der Waals surface area contributed by atoms with Gasteiger partial charge in [0.15, 0.2) is 0 Å². The summed E-state index contributed by atoms with van der Waals surface area (Å²) in [5, 5.41) is 0. The molecular formula is C13H15F3O. The van der Waals surface area contributed by atoms with Crippen molar-refractivity contribution in [3.63, 3.8) is 0 Å². The third-order valence-corrected chi connectivity index (χ3v) is 2.80. The Balaban J connectivity index is 2.89. The van der Waals surface area contributed by atoms with Crippen LogP contribution < -0.4 is 0 Å². The van der Waals surface area contributed by atoms with E-state index in [1.54, 1.807) is 6.07 Å². The van der Waals surface area contributed by atoms with E-state index in [1.165, 1.54) is 13.0 Å². The van der Waals surface area contributed by atoms with Crippen molar-refractivity contribution in [3.8, 4) is 0 Å². The summed E-state index contributed by atoms with van der Waals surface area (Å²) in [6.07, 6.45) is -3.31. The van der Waals surface area contributed by atoms with Crippen molar-refractivity contribution in [2.24, 2.45) is 5.92 Å². The van der Waals surface area contributed by atoms with Gasteiger partial charge in [0.1, 0.15) is 5.78 Å². The molecule has 4 heteroatoms. The van der Waals surface area contributed by atoms with Crippen molar-refractivity contribution in [1.82, 2.24) is 0 Å². The van der Waals surface area contributed by atoms with Crippen LogP contribution in [0.5, 0.6) is 0 Å². The second-order valence-corrected chi connectivity index (χ2v) is 4.12. The highest BCUT2D eigenvalue weighted by Crippen LogP contribution is 2.30. The van der Waals surface area contributed by atoms with Gasteiger partial charge in [0, 0.05) is 5.92 Å². The van der Waals surface area contributed by atoms with Crippen LogP contribution in [0.3, 0.4) is 0 Å². The Hall–Kier alpha value is -1.32. The number of hydrogen-bond acceptors (Lipinski definition) is 1. The van der Waals surface area contributed by atoms with Gasteiger partial charge in [-0.1, -0.05) is 25.1 Å². The lowest BCUT2D eigenvalue weighted by Crippen LogP contribution is -2.13. The number of Topliss-reactive ketones (excluding diaryl/α,β-unsaturated/α-hetero) is 1. The fourth-order valence-corrected chi connectivity index (χ4v) is 1.73. The maximum absolute atomic E-state index is 12.5. The summed E-state index contributed by atoms with van der Waals surface area (Å²) in [5.41, 5.74) is -0.102. The van der Waals surface area contributed by atoms with Gasteiger partial charge in [-0.05, 0) is 31.4 Å². The molecule has 0 saturated carbocycles. The first kappa shape index (κ1) is 13.7. The molecule has 0 aliphatic carbocycles. The Kier molecular flexibility index (Phi) is 4.32. The highest BCUT2D eigenvalue weighted by molar-refractivity contribution is 5.78. The number of carbonyl (C=O) groups is 1. The zero-order valence-electron chi connectivity index (χ0n) is 9.84. The summed E-state index contributed by atoms with van der Waals surface area (Å²) in [6, 6.07) is 5.16. The Morgan fingerprint density at radius 3 is 2.47 bits per heavy atom. The van der Waals surface area contributed by atoms with E-state index >= 15 is 0 Å². The molecule has 1 nitrogen and oxygen atoms in total. The standard InChI is InChI=1S/C13H15F3O/c1-3-11(9(2)17)7-10-5-4-6-12(8-10)13(14,15)16/h4-6,8,11H,3,7H2,1-2H3. The molecule has 1 aromatic carbocycles. The second kappa shape index (κ2) is 5.34. The molecular weight excluding hydrogens is 229 g/mol. The minimum absolute atomic E-state index is 0.0184. The van der Waals surface area contributed by atoms with Gasteiger partial charge in [0.05, 0.1) is 5.56 Å². The van der Waals surface area contributed by atoms with E-state index in [1.807, 2.05) is 6.92 Å². The number of carbonyl (C=O) groups excluding carboxylic acids is 1. The third-order valence-electron chi connectivity index (χ3n) is 2.80. The van der Waals surface area contributed by atoms with Crippen LogP contribution in [0.4, 0.5) is 13.2 Å². The Labute approximate surface area is 98.6 Å². The van der Waals surface area contributed by atoms with Crippen LogP contribution in [0.1, 0.15) is 31.4 Å². The van der Waals surface area contributed by atoms with E-state index in [9.17, 15) is 18.0 Å². The van der Waals surface area contributed by atoms with Gasteiger partial charge in [-0.2, -0.15) is 13.2 Å². The largest absolute Gasteiger partial charge is 0.416 e. The summed E-state index contributed by atoms with van der Waals surface area (Å²) in [6.45, 7) is 3.33. The SMILES string of the molecule is CCC(Cc1cccc(C(F)(F)F)c1)C(C)=O. The number of alkyl halides is 3. The summed E-state index contributed by atoms with van der Waals surface area (Å²) < 4.78 is 37.4. The fraction of sp³-hybridized carbons (Fsp3) is 0.462. The van der Waals surface area contributed by atoms with E-state index in [-0.39, 0.29) is 11.7 Å². The molecule has 0 aliphatic heterocycles. The molecule has 0 bridgehead atoms. The number of rotatable bonds is 4. The first-order chi connectivity index (χ1) is 7.84. The summed E-state index contributed by atoms with van der Waals surface area (Å²) in [7, 11) is 0. The molecule has 0 radical (unpaired) electrons. The minimum Gasteiger partial charge on any atom is -0.300 e. The molecule has 1 unspecified atom stereocenters. The minimum atomic E-state index is -4.33. The molecule has 0 heterocycles. The molecule has 1 atom stereocenters. The van der Waals surface area contributed by atoms with E-state index in [4.69, 9.17) is 0 Å². The van der Waals surface area contributed by atoms with E-state index in [2.05, 4.69) is 0 Å². The molecule has 0 N–H and O–H groups in total. The van der Waals surface area contributed by atoms with Gasteiger partial charge in [0.25, 0.3) is 0 Å². The van der Waals surface area contributed by atoms with Crippen molar-refractivity contribution in [2.45, 2.75) is 32.9 Å². The van der Waals surface area contributed by atoms with Gasteiger partial charge >= 0.3 is 6.18 Å². The molecule has 1 rings (SSSR count). The van der Waals surface area contributed by atoms with Crippen LogP contribution >= 0.6 is 0 Å². The quantitative estimate of drug-likeness (QED) is 0.786. The monoisotopic (exact) mass is 244 g/mol. The van der Waals surface area contributed by atoms with Crippen LogP contribution in [-0.2, 0) is 17.4 Å². The average Bonchev–Trinajstić information content (AvgIpc) is 2.24. The fourth-order valence-electron chi connectivity index (χ4n) is 1.73. The van der Waals surface area contributed by atoms with Crippen molar-refractivity contribution >= 4 is 5.78 Å². The zero-order chi connectivity index (χ0) is 13.1. The lowest BCUT2D eigenvalue weighted by Gasteiger charge is -2.13. The van der Waals surface area contributed by atoms with Crippen LogP contribution in [0.25, 0.3) is 0 Å². The van der Waals surface area contributed by atoms with E-state index in [0.717, 1.165) is 12.1 Å². The molecule has 0 aliphatic rings. The smallest absolute Gasteiger partial charge is 0.300 e. The summed E-state index contributed by atoms with van der Waals surface area (Å²) >= 11 is 0. The number of benzene rings is 1. The molecule has 0 amide bonds. The summed E-state index contributed by atoms with van der Waals surface area (Å²) in [5.74, 6) is -0.177. The van der Waals surface area contributed by atoms with Crippen molar-refractivity contribution < 1.29 is 18.0 Å². The Bertz CT molecular complexity index is 396. The van der Waals surface area contributed by atoms with Crippen molar-refractivity contribution in [2.75, 3.05) is 0 Å². The molecule has 1 aromatic rings. The van der Waals surface area contributed by atoms with Crippen molar-refractivity contribution in [1.29, 1.82) is 0 Å². The summed E-state index contributed by atoms with van der Waals surface area (Å²) in [4.78, 5) is 11.2. The van der Waals surface area contributed by atoms with Gasteiger partial charge in [0.2, 0.25) is 0 Å². The maximum Gasteiger partial charge on any atom is 0.416 e. The first-order valence-corrected chi connectivity index (χ1v) is 5.51. The van der Waals surface area contributed by atoms with E-state index in [0.29, 0.717) is 18.4 Å². The number of halogens is 3. The average molecular weight is 244 g/mol. The molecule has 0 saturated heterocycles. The molecule has 17 heavy (non-hydrogen) atoms. The molecule has 0 fully saturated rings. The highest BCUT2D eigenvalue weighted by atomic mass is 19.4. The normalized spacial score (nSPS) is 13.5. The number of ketones is 1. The maximum atomic E-state index is 12.5. The van der Waals surface area contributed by atoms with E-state index < -0.39 is 11.7 Å². The van der Waals surface area contributed by atoms with Gasteiger partial charge in [-0.25, -0.2) is 0 Å². The predicted molar refractivity (Wildman–Crippen MR) is 59.6 cm³/mol. The van der Waals surface area contributed by atoms with Gasteiger partial charge in [-0.3, -0.25) is 4.79 Å². The van der Waals surface area contributed by atoms with Gasteiger partial charge in [-0.15, -0.1) is 0 Å². The Morgan fingerprint density at radius 1 is 1.35 bits per heavy atom. The van der Waals surface area contributed by atoms with Crippen LogP contribution in [-0.4, -0.2) is 5.78 Å². The Morgan fingerprint density at radius 2 is 2.00 bits per heavy atom. The number of hydrogen-bond donors (Lipinski definition) is 0. The van der Waals surface area contributed by atoms with Crippen LogP contribution in [0.2, 0.25) is 0 Å². The highest BCUT2D eigenvalue weighted by Gasteiger charge is 2.30. The third kappa shape index (κ3) is 3.88. The van der Waals surface area contributed by atoms with Crippen LogP contribution in [0, 0.1) is 5.92 Å². The molecule has 0 aromatic heterocycles. The molecule has 0 spiro atoms. The lowest BCUT2D eigenvalue weighted by atomic mass is 9.93. The first-order valence-electron chi connectivity index (χ1n) is 5.51. The zero-order valence-corrected chi connectivity index (χ0v) is 9.84. The predicted octanol–water partition coefficient (Wildman–Crippen LogP) is 3.86.